The molecule has 100 valence electrons. The van der Waals surface area contributed by atoms with Crippen molar-refractivity contribution in [2.75, 3.05) is 24.5 Å². The first-order chi connectivity index (χ1) is 8.83. The fourth-order valence-electron chi connectivity index (χ4n) is 2.51. The van der Waals surface area contributed by atoms with Crippen LogP contribution in [0.5, 0.6) is 0 Å². The normalized spacial score (nSPS) is 19.1. The van der Waals surface area contributed by atoms with E-state index in [-0.39, 0.29) is 0 Å². The molecule has 1 unspecified atom stereocenters. The molecular formula is C14H24N4. The average molecular weight is 248 g/mol. The molecule has 1 N–H and O–H groups in total. The highest BCUT2D eigenvalue weighted by Crippen LogP contribution is 2.15. The molecule has 1 aliphatic rings. The van der Waals surface area contributed by atoms with E-state index in [4.69, 9.17) is 0 Å². The van der Waals surface area contributed by atoms with Crippen molar-refractivity contribution in [1.82, 2.24) is 15.3 Å². The van der Waals surface area contributed by atoms with Gasteiger partial charge in [0.1, 0.15) is 12.1 Å². The third-order valence-corrected chi connectivity index (χ3v) is 3.52. The van der Waals surface area contributed by atoms with Gasteiger partial charge in [0.15, 0.2) is 0 Å². The van der Waals surface area contributed by atoms with Crippen molar-refractivity contribution in [2.24, 2.45) is 0 Å². The number of aryl methyl sites for hydroxylation is 1. The lowest BCUT2D eigenvalue weighted by Gasteiger charge is -2.25. The van der Waals surface area contributed by atoms with E-state index < -0.39 is 0 Å². The second-order valence-electron chi connectivity index (χ2n) is 4.95. The summed E-state index contributed by atoms with van der Waals surface area (Å²) in [7, 11) is 0. The molecule has 0 aromatic carbocycles. The lowest BCUT2D eigenvalue weighted by molar-refractivity contribution is 0.583. The zero-order valence-corrected chi connectivity index (χ0v) is 11.5. The van der Waals surface area contributed by atoms with E-state index in [0.717, 1.165) is 44.0 Å². The largest absolute Gasteiger partial charge is 0.355 e. The molecule has 1 aliphatic heterocycles. The van der Waals surface area contributed by atoms with Crippen LogP contribution in [0.2, 0.25) is 0 Å². The third-order valence-electron chi connectivity index (χ3n) is 3.52. The van der Waals surface area contributed by atoms with E-state index in [0.29, 0.717) is 6.04 Å². The molecule has 0 bridgehead atoms. The Morgan fingerprint density at radius 1 is 1.39 bits per heavy atom. The van der Waals surface area contributed by atoms with Crippen LogP contribution in [-0.4, -0.2) is 35.6 Å². The predicted octanol–water partition coefficient (Wildman–Crippen LogP) is 2.01. The van der Waals surface area contributed by atoms with Crippen LogP contribution < -0.4 is 10.2 Å². The summed E-state index contributed by atoms with van der Waals surface area (Å²) in [5.74, 6) is 1.07. The molecular weight excluding hydrogens is 224 g/mol. The van der Waals surface area contributed by atoms with E-state index in [1.165, 1.54) is 12.8 Å². The van der Waals surface area contributed by atoms with Gasteiger partial charge in [0.2, 0.25) is 0 Å². The summed E-state index contributed by atoms with van der Waals surface area (Å²) in [6.45, 7) is 7.59. The van der Waals surface area contributed by atoms with Gasteiger partial charge in [0.25, 0.3) is 0 Å². The van der Waals surface area contributed by atoms with Crippen molar-refractivity contribution < 1.29 is 0 Å². The molecule has 0 spiro atoms. The Hall–Kier alpha value is -1.16. The minimum absolute atomic E-state index is 0.620. The maximum Gasteiger partial charge on any atom is 0.132 e. The molecule has 1 atom stereocenters. The minimum Gasteiger partial charge on any atom is -0.355 e. The van der Waals surface area contributed by atoms with Crippen LogP contribution in [0, 0.1) is 0 Å². The molecule has 0 saturated carbocycles. The van der Waals surface area contributed by atoms with Crippen molar-refractivity contribution in [3.05, 3.63) is 18.1 Å². The smallest absolute Gasteiger partial charge is 0.132 e. The first kappa shape index (κ1) is 13.3. The van der Waals surface area contributed by atoms with E-state index in [2.05, 4.69) is 40.1 Å². The molecule has 1 aromatic rings. The zero-order chi connectivity index (χ0) is 12.8. The Kier molecular flexibility index (Phi) is 4.93. The van der Waals surface area contributed by atoms with Gasteiger partial charge in [-0.1, -0.05) is 13.3 Å². The molecule has 0 aliphatic carbocycles. The highest BCUT2D eigenvalue weighted by Gasteiger charge is 2.18. The number of nitrogens with one attached hydrogen (secondary N) is 1. The molecule has 4 heteroatoms. The second kappa shape index (κ2) is 6.69. The quantitative estimate of drug-likeness (QED) is 0.836. The van der Waals surface area contributed by atoms with Crippen LogP contribution in [0.15, 0.2) is 12.4 Å². The molecule has 1 fully saturated rings. The first-order valence-corrected chi connectivity index (χ1v) is 7.12. The predicted molar refractivity (Wildman–Crippen MR) is 74.9 cm³/mol. The first-order valence-electron chi connectivity index (χ1n) is 7.12. The number of hydrogen-bond donors (Lipinski definition) is 1. The number of likely N-dealkylation sites (N-methyl/N-ethyl adjacent to an activating group) is 1. The Bertz CT molecular complexity index is 361. The monoisotopic (exact) mass is 248 g/mol. The summed E-state index contributed by atoms with van der Waals surface area (Å²) in [5, 5.41) is 3.55. The van der Waals surface area contributed by atoms with Gasteiger partial charge in [-0.05, 0) is 32.7 Å². The van der Waals surface area contributed by atoms with Gasteiger partial charge in [-0.25, -0.2) is 9.97 Å². The fourth-order valence-corrected chi connectivity index (χ4v) is 2.51. The third kappa shape index (κ3) is 3.42. The maximum atomic E-state index is 4.42. The Morgan fingerprint density at radius 3 is 2.94 bits per heavy atom. The van der Waals surface area contributed by atoms with Gasteiger partial charge in [-0.3, -0.25) is 0 Å². The van der Waals surface area contributed by atoms with E-state index in [1.54, 1.807) is 6.33 Å². The number of rotatable bonds is 6. The second-order valence-corrected chi connectivity index (χ2v) is 4.95. The van der Waals surface area contributed by atoms with Gasteiger partial charge < -0.3 is 10.2 Å². The number of hydrogen-bond acceptors (Lipinski definition) is 4. The van der Waals surface area contributed by atoms with Crippen LogP contribution in [0.4, 0.5) is 5.82 Å². The van der Waals surface area contributed by atoms with Crippen molar-refractivity contribution >= 4 is 5.82 Å². The SMILES string of the molecule is CCCc1cc(N(CC)CC2CCCN2)ncn1. The van der Waals surface area contributed by atoms with Gasteiger partial charge in [-0.2, -0.15) is 0 Å². The summed E-state index contributed by atoms with van der Waals surface area (Å²) in [5.41, 5.74) is 1.15. The van der Waals surface area contributed by atoms with Gasteiger partial charge >= 0.3 is 0 Å². The number of anilines is 1. The summed E-state index contributed by atoms with van der Waals surface area (Å²) in [4.78, 5) is 11.1. The lowest BCUT2D eigenvalue weighted by atomic mass is 10.2. The van der Waals surface area contributed by atoms with Crippen molar-refractivity contribution in [1.29, 1.82) is 0 Å². The molecule has 4 nitrogen and oxygen atoms in total. The van der Waals surface area contributed by atoms with E-state index in [1.807, 2.05) is 0 Å². The van der Waals surface area contributed by atoms with Crippen molar-refractivity contribution in [2.45, 2.75) is 45.6 Å². The van der Waals surface area contributed by atoms with Crippen LogP contribution in [0.3, 0.4) is 0 Å². The standard InChI is InChI=1S/C14H24N4/c1-3-6-12-9-14(17-11-16-12)18(4-2)10-13-7-5-8-15-13/h9,11,13,15H,3-8,10H2,1-2H3. The fraction of sp³-hybridized carbons (Fsp3) is 0.714. The molecule has 2 rings (SSSR count). The Balaban J connectivity index is 2.03. The Labute approximate surface area is 110 Å². The van der Waals surface area contributed by atoms with Gasteiger partial charge in [-0.15, -0.1) is 0 Å². The average Bonchev–Trinajstić information content (AvgIpc) is 2.89. The highest BCUT2D eigenvalue weighted by molar-refractivity contribution is 5.39. The molecule has 18 heavy (non-hydrogen) atoms. The number of nitrogens with zero attached hydrogens (tertiary/aromatic N) is 3. The lowest BCUT2D eigenvalue weighted by Crippen LogP contribution is -2.38. The van der Waals surface area contributed by atoms with E-state index in [9.17, 15) is 0 Å². The summed E-state index contributed by atoms with van der Waals surface area (Å²) in [6, 6.07) is 2.76. The summed E-state index contributed by atoms with van der Waals surface area (Å²) >= 11 is 0. The molecule has 2 heterocycles. The van der Waals surface area contributed by atoms with E-state index >= 15 is 0 Å². The summed E-state index contributed by atoms with van der Waals surface area (Å²) < 4.78 is 0. The van der Waals surface area contributed by atoms with Gasteiger partial charge in [0.05, 0.1) is 0 Å². The zero-order valence-electron chi connectivity index (χ0n) is 11.5. The van der Waals surface area contributed by atoms with Crippen molar-refractivity contribution in [3.63, 3.8) is 0 Å². The minimum atomic E-state index is 0.620. The Morgan fingerprint density at radius 2 is 2.28 bits per heavy atom. The van der Waals surface area contributed by atoms with Crippen LogP contribution in [0.1, 0.15) is 38.8 Å². The molecule has 1 aromatic heterocycles. The molecule has 1 saturated heterocycles. The molecule has 0 amide bonds. The number of aromatic nitrogens is 2. The summed E-state index contributed by atoms with van der Waals surface area (Å²) in [6.07, 6.45) is 6.45. The van der Waals surface area contributed by atoms with Crippen LogP contribution in [-0.2, 0) is 6.42 Å². The molecule has 0 radical (unpaired) electrons. The highest BCUT2D eigenvalue weighted by atomic mass is 15.2. The topological polar surface area (TPSA) is 41.0 Å². The van der Waals surface area contributed by atoms with Crippen LogP contribution >= 0.6 is 0 Å². The van der Waals surface area contributed by atoms with Crippen molar-refractivity contribution in [3.8, 4) is 0 Å². The van der Waals surface area contributed by atoms with Crippen LogP contribution in [0.25, 0.3) is 0 Å². The van der Waals surface area contributed by atoms with Gasteiger partial charge in [0, 0.05) is 30.9 Å². The maximum absolute atomic E-state index is 4.42.